The molecule has 2 atom stereocenters. The van der Waals surface area contributed by atoms with Gasteiger partial charge in [-0.25, -0.2) is 4.79 Å². The molecule has 2 aromatic carbocycles. The highest BCUT2D eigenvalue weighted by atomic mass is 16.6. The van der Waals surface area contributed by atoms with E-state index in [1.54, 1.807) is 12.1 Å². The SMILES string of the molecule is O=C(O[C@@H](C(=O)NC1CC1)c1ccccc1)[C@H]1Cc2ccccc2O1. The van der Waals surface area contributed by atoms with Gasteiger partial charge in [0.25, 0.3) is 5.91 Å². The van der Waals surface area contributed by atoms with Crippen molar-refractivity contribution in [3.8, 4) is 5.75 Å². The Labute approximate surface area is 145 Å². The smallest absolute Gasteiger partial charge is 0.348 e. The van der Waals surface area contributed by atoms with Gasteiger partial charge in [0.15, 0.2) is 6.10 Å². The fourth-order valence-electron chi connectivity index (χ4n) is 2.91. The number of esters is 1. The van der Waals surface area contributed by atoms with Gasteiger partial charge in [-0.1, -0.05) is 48.5 Å². The van der Waals surface area contributed by atoms with E-state index >= 15 is 0 Å². The minimum atomic E-state index is -0.957. The molecule has 0 aromatic heterocycles. The van der Waals surface area contributed by atoms with E-state index in [0.717, 1.165) is 18.4 Å². The number of carbonyl (C=O) groups is 2. The lowest BCUT2D eigenvalue weighted by atomic mass is 10.1. The molecule has 25 heavy (non-hydrogen) atoms. The van der Waals surface area contributed by atoms with E-state index < -0.39 is 18.2 Å². The van der Waals surface area contributed by atoms with E-state index in [1.165, 1.54) is 0 Å². The largest absolute Gasteiger partial charge is 0.478 e. The fourth-order valence-corrected chi connectivity index (χ4v) is 2.91. The van der Waals surface area contributed by atoms with Crippen molar-refractivity contribution in [2.75, 3.05) is 0 Å². The second-order valence-corrected chi connectivity index (χ2v) is 6.43. The van der Waals surface area contributed by atoms with E-state index in [-0.39, 0.29) is 11.9 Å². The van der Waals surface area contributed by atoms with Crippen LogP contribution in [-0.4, -0.2) is 24.0 Å². The van der Waals surface area contributed by atoms with Gasteiger partial charge in [-0.2, -0.15) is 0 Å². The van der Waals surface area contributed by atoms with Crippen LogP contribution >= 0.6 is 0 Å². The van der Waals surface area contributed by atoms with Gasteiger partial charge in [0.2, 0.25) is 6.10 Å². The molecule has 0 radical (unpaired) electrons. The highest BCUT2D eigenvalue weighted by Crippen LogP contribution is 2.30. The zero-order valence-corrected chi connectivity index (χ0v) is 13.7. The molecule has 4 rings (SSSR count). The topological polar surface area (TPSA) is 64.6 Å². The predicted octanol–water partition coefficient (Wildman–Crippen LogP) is 2.55. The van der Waals surface area contributed by atoms with Crippen LogP contribution in [0.15, 0.2) is 54.6 Å². The van der Waals surface area contributed by atoms with Crippen molar-refractivity contribution in [1.82, 2.24) is 5.32 Å². The Morgan fingerprint density at radius 3 is 2.48 bits per heavy atom. The first-order chi connectivity index (χ1) is 12.2. The van der Waals surface area contributed by atoms with Gasteiger partial charge in [0.1, 0.15) is 5.75 Å². The van der Waals surface area contributed by atoms with Crippen LogP contribution in [0.25, 0.3) is 0 Å². The summed E-state index contributed by atoms with van der Waals surface area (Å²) in [7, 11) is 0. The molecule has 0 saturated heterocycles. The maximum atomic E-state index is 12.6. The summed E-state index contributed by atoms with van der Waals surface area (Å²) in [6.45, 7) is 0. The number of carbonyl (C=O) groups excluding carboxylic acids is 2. The van der Waals surface area contributed by atoms with Crippen molar-refractivity contribution in [2.24, 2.45) is 0 Å². The van der Waals surface area contributed by atoms with Crippen molar-refractivity contribution in [3.63, 3.8) is 0 Å². The summed E-state index contributed by atoms with van der Waals surface area (Å²) in [5.41, 5.74) is 1.63. The molecule has 2 aliphatic rings. The molecular weight excluding hydrogens is 318 g/mol. The Morgan fingerprint density at radius 1 is 1.04 bits per heavy atom. The van der Waals surface area contributed by atoms with Crippen LogP contribution in [0.5, 0.6) is 5.75 Å². The maximum Gasteiger partial charge on any atom is 0.348 e. The quantitative estimate of drug-likeness (QED) is 0.852. The average Bonchev–Trinajstić information content (AvgIpc) is 3.34. The molecule has 1 saturated carbocycles. The number of ether oxygens (including phenoxy) is 2. The van der Waals surface area contributed by atoms with Gasteiger partial charge in [-0.3, -0.25) is 4.79 Å². The Bertz CT molecular complexity index is 760. The molecular formula is C20H19NO4. The normalized spacial score (nSPS) is 19.4. The molecule has 2 aromatic rings. The van der Waals surface area contributed by atoms with Crippen LogP contribution in [0.2, 0.25) is 0 Å². The van der Waals surface area contributed by atoms with Crippen LogP contribution in [0.4, 0.5) is 0 Å². The molecule has 128 valence electrons. The molecule has 1 aliphatic carbocycles. The minimum Gasteiger partial charge on any atom is -0.478 e. The van der Waals surface area contributed by atoms with E-state index in [0.29, 0.717) is 17.7 Å². The molecule has 0 bridgehead atoms. The summed E-state index contributed by atoms with van der Waals surface area (Å²) in [4.78, 5) is 25.1. The Balaban J connectivity index is 1.48. The van der Waals surface area contributed by atoms with Gasteiger partial charge >= 0.3 is 5.97 Å². The molecule has 1 amide bonds. The first-order valence-corrected chi connectivity index (χ1v) is 8.51. The molecule has 1 aliphatic heterocycles. The summed E-state index contributed by atoms with van der Waals surface area (Å²) in [5, 5.41) is 2.91. The van der Waals surface area contributed by atoms with Gasteiger partial charge in [-0.15, -0.1) is 0 Å². The number of para-hydroxylation sites is 1. The second-order valence-electron chi connectivity index (χ2n) is 6.43. The Kier molecular flexibility index (Phi) is 4.14. The number of amides is 1. The molecule has 0 unspecified atom stereocenters. The number of benzene rings is 2. The average molecular weight is 337 g/mol. The standard InChI is InChI=1S/C20H19NO4/c22-19(21-15-10-11-15)18(13-6-2-1-3-7-13)25-20(23)17-12-14-8-4-5-9-16(14)24-17/h1-9,15,17-18H,10-12H2,(H,21,22)/t17-,18-/m1/s1. The number of hydrogen-bond acceptors (Lipinski definition) is 4. The molecule has 1 N–H and O–H groups in total. The summed E-state index contributed by atoms with van der Waals surface area (Å²) in [6.07, 6.45) is 0.740. The number of rotatable bonds is 5. The minimum absolute atomic E-state index is 0.199. The van der Waals surface area contributed by atoms with Crippen LogP contribution in [-0.2, 0) is 20.7 Å². The second kappa shape index (κ2) is 6.59. The van der Waals surface area contributed by atoms with Crippen molar-refractivity contribution in [1.29, 1.82) is 0 Å². The van der Waals surface area contributed by atoms with E-state index in [4.69, 9.17) is 9.47 Å². The Morgan fingerprint density at radius 2 is 1.76 bits per heavy atom. The van der Waals surface area contributed by atoms with Crippen LogP contribution in [0.3, 0.4) is 0 Å². The summed E-state index contributed by atoms with van der Waals surface area (Å²) < 4.78 is 11.2. The van der Waals surface area contributed by atoms with Crippen molar-refractivity contribution < 1.29 is 19.1 Å². The highest BCUT2D eigenvalue weighted by molar-refractivity contribution is 5.86. The fraction of sp³-hybridized carbons (Fsp3) is 0.300. The zero-order valence-electron chi connectivity index (χ0n) is 13.7. The molecule has 5 nitrogen and oxygen atoms in total. The lowest BCUT2D eigenvalue weighted by Gasteiger charge is -2.20. The van der Waals surface area contributed by atoms with Gasteiger partial charge in [0, 0.05) is 18.0 Å². The first kappa shape index (κ1) is 15.7. The van der Waals surface area contributed by atoms with E-state index in [1.807, 2.05) is 42.5 Å². The third kappa shape index (κ3) is 3.50. The number of nitrogens with one attached hydrogen (secondary N) is 1. The summed E-state index contributed by atoms with van der Waals surface area (Å²) in [5.74, 6) is -0.100. The van der Waals surface area contributed by atoms with E-state index in [9.17, 15) is 9.59 Å². The van der Waals surface area contributed by atoms with Gasteiger partial charge in [-0.05, 0) is 24.5 Å². The van der Waals surface area contributed by atoms with Crippen molar-refractivity contribution in [2.45, 2.75) is 37.5 Å². The maximum absolute atomic E-state index is 12.6. The lowest BCUT2D eigenvalue weighted by Crippen LogP contribution is -2.36. The number of fused-ring (bicyclic) bond motifs is 1. The molecule has 1 fully saturated rings. The summed E-state index contributed by atoms with van der Waals surface area (Å²) >= 11 is 0. The van der Waals surface area contributed by atoms with E-state index in [2.05, 4.69) is 5.32 Å². The van der Waals surface area contributed by atoms with Crippen LogP contribution < -0.4 is 10.1 Å². The third-order valence-corrected chi connectivity index (χ3v) is 4.41. The van der Waals surface area contributed by atoms with Crippen molar-refractivity contribution >= 4 is 11.9 Å². The molecule has 5 heteroatoms. The highest BCUT2D eigenvalue weighted by Gasteiger charge is 2.35. The van der Waals surface area contributed by atoms with Crippen molar-refractivity contribution in [3.05, 3.63) is 65.7 Å². The summed E-state index contributed by atoms with van der Waals surface area (Å²) in [6, 6.07) is 16.8. The zero-order chi connectivity index (χ0) is 17.2. The molecule has 1 heterocycles. The predicted molar refractivity (Wildman–Crippen MR) is 91.0 cm³/mol. The van der Waals surface area contributed by atoms with Gasteiger partial charge in [0.05, 0.1) is 0 Å². The monoisotopic (exact) mass is 337 g/mol. The van der Waals surface area contributed by atoms with Crippen LogP contribution in [0.1, 0.15) is 30.1 Å². The lowest BCUT2D eigenvalue weighted by molar-refractivity contribution is -0.162. The Hall–Kier alpha value is -2.82. The van der Waals surface area contributed by atoms with Gasteiger partial charge < -0.3 is 14.8 Å². The first-order valence-electron chi connectivity index (χ1n) is 8.51. The number of hydrogen-bond donors (Lipinski definition) is 1. The van der Waals surface area contributed by atoms with Crippen LogP contribution in [0, 0.1) is 0 Å². The third-order valence-electron chi connectivity index (χ3n) is 4.41. The molecule has 0 spiro atoms.